The fraction of sp³-hybridized carbons (Fsp3) is 0.600. The molecule has 2 rings (SSSR count). The third-order valence-electron chi connectivity index (χ3n) is 3.34. The molecule has 1 heterocycles. The van der Waals surface area contributed by atoms with E-state index in [2.05, 4.69) is 49.1 Å². The molecule has 0 amide bonds. The zero-order valence-electron chi connectivity index (χ0n) is 10.9. The maximum Gasteiger partial charge on any atom is 0.0956 e. The highest BCUT2D eigenvalue weighted by atomic mass is 16.5. The molecule has 1 aliphatic rings. The highest BCUT2D eigenvalue weighted by Crippen LogP contribution is 2.25. The van der Waals surface area contributed by atoms with E-state index in [-0.39, 0.29) is 6.10 Å². The summed E-state index contributed by atoms with van der Waals surface area (Å²) in [7, 11) is 0. The molecule has 2 nitrogen and oxygen atoms in total. The molecule has 1 fully saturated rings. The Hall–Kier alpha value is -0.860. The minimum atomic E-state index is 0.247. The van der Waals surface area contributed by atoms with Crippen LogP contribution in [0.25, 0.3) is 0 Å². The lowest BCUT2D eigenvalue weighted by atomic mass is 10.1. The summed E-state index contributed by atoms with van der Waals surface area (Å²) in [4.78, 5) is 2.54. The molecule has 0 bridgehead atoms. The van der Waals surface area contributed by atoms with Crippen LogP contribution < -0.4 is 0 Å². The number of ether oxygens (including phenoxy) is 1. The van der Waals surface area contributed by atoms with Gasteiger partial charge in [-0.05, 0) is 25.5 Å². The van der Waals surface area contributed by atoms with Crippen LogP contribution in [0.15, 0.2) is 30.3 Å². The molecule has 2 atom stereocenters. The first kappa shape index (κ1) is 12.6. The predicted octanol–water partition coefficient (Wildman–Crippen LogP) is 3.25. The Morgan fingerprint density at radius 1 is 1.24 bits per heavy atom. The van der Waals surface area contributed by atoms with Crippen molar-refractivity contribution in [3.8, 4) is 0 Å². The van der Waals surface area contributed by atoms with Gasteiger partial charge in [-0.25, -0.2) is 0 Å². The largest absolute Gasteiger partial charge is 0.368 e. The van der Waals surface area contributed by atoms with Gasteiger partial charge >= 0.3 is 0 Å². The average Bonchev–Trinajstić information content (AvgIpc) is 2.37. The number of benzene rings is 1. The summed E-state index contributed by atoms with van der Waals surface area (Å²) in [6, 6.07) is 10.6. The molecule has 94 valence electrons. The molecule has 0 aromatic heterocycles. The van der Waals surface area contributed by atoms with E-state index in [1.807, 2.05) is 0 Å². The maximum absolute atomic E-state index is 6.04. The second kappa shape index (κ2) is 6.18. The van der Waals surface area contributed by atoms with Crippen molar-refractivity contribution in [2.45, 2.75) is 38.9 Å². The fourth-order valence-electron chi connectivity index (χ4n) is 2.46. The third-order valence-corrected chi connectivity index (χ3v) is 3.34. The molecule has 2 unspecified atom stereocenters. The Morgan fingerprint density at radius 3 is 2.71 bits per heavy atom. The van der Waals surface area contributed by atoms with Crippen LogP contribution in [0.3, 0.4) is 0 Å². The van der Waals surface area contributed by atoms with Crippen molar-refractivity contribution < 1.29 is 4.74 Å². The normalized spacial score (nSPS) is 26.0. The van der Waals surface area contributed by atoms with Crippen molar-refractivity contribution in [2.75, 3.05) is 19.6 Å². The molecule has 0 N–H and O–H groups in total. The lowest BCUT2D eigenvalue weighted by molar-refractivity contribution is -0.0790. The van der Waals surface area contributed by atoms with E-state index in [9.17, 15) is 0 Å². The van der Waals surface area contributed by atoms with Crippen LogP contribution >= 0.6 is 0 Å². The Morgan fingerprint density at radius 2 is 2.00 bits per heavy atom. The molecular weight excluding hydrogens is 210 g/mol. The van der Waals surface area contributed by atoms with Gasteiger partial charge in [0, 0.05) is 13.1 Å². The van der Waals surface area contributed by atoms with Gasteiger partial charge in [0.25, 0.3) is 0 Å². The van der Waals surface area contributed by atoms with Gasteiger partial charge in [-0.2, -0.15) is 0 Å². The van der Waals surface area contributed by atoms with Crippen LogP contribution in [0, 0.1) is 0 Å². The SMILES string of the molecule is CCCCN1CC(C)OC(c2ccccc2)C1. The van der Waals surface area contributed by atoms with Crippen LogP contribution in [0.5, 0.6) is 0 Å². The van der Waals surface area contributed by atoms with Gasteiger partial charge in [-0.15, -0.1) is 0 Å². The second-order valence-electron chi connectivity index (χ2n) is 4.96. The molecule has 1 saturated heterocycles. The lowest BCUT2D eigenvalue weighted by Gasteiger charge is -2.37. The maximum atomic E-state index is 6.04. The van der Waals surface area contributed by atoms with Gasteiger partial charge < -0.3 is 4.74 Å². The van der Waals surface area contributed by atoms with Crippen molar-refractivity contribution in [3.63, 3.8) is 0 Å². The average molecular weight is 233 g/mol. The first-order valence-electron chi connectivity index (χ1n) is 6.72. The predicted molar refractivity (Wildman–Crippen MR) is 71.1 cm³/mol. The lowest BCUT2D eigenvalue weighted by Crippen LogP contribution is -2.43. The number of hydrogen-bond acceptors (Lipinski definition) is 2. The zero-order valence-corrected chi connectivity index (χ0v) is 10.9. The van der Waals surface area contributed by atoms with Crippen LogP contribution in [-0.4, -0.2) is 30.6 Å². The Balaban J connectivity index is 1.98. The van der Waals surface area contributed by atoms with E-state index < -0.39 is 0 Å². The molecular formula is C15H23NO. The third kappa shape index (κ3) is 3.55. The van der Waals surface area contributed by atoms with E-state index in [4.69, 9.17) is 4.74 Å². The summed E-state index contributed by atoms with van der Waals surface area (Å²) < 4.78 is 6.04. The summed E-state index contributed by atoms with van der Waals surface area (Å²) in [5.41, 5.74) is 1.31. The van der Waals surface area contributed by atoms with E-state index in [0.717, 1.165) is 13.1 Å². The Labute approximate surface area is 105 Å². The number of rotatable bonds is 4. The summed E-state index contributed by atoms with van der Waals surface area (Å²) in [5, 5.41) is 0. The van der Waals surface area contributed by atoms with E-state index >= 15 is 0 Å². The van der Waals surface area contributed by atoms with Crippen LogP contribution in [0.1, 0.15) is 38.4 Å². The Kier molecular flexibility index (Phi) is 4.57. The first-order chi connectivity index (χ1) is 8.29. The van der Waals surface area contributed by atoms with Crippen molar-refractivity contribution in [3.05, 3.63) is 35.9 Å². The molecule has 17 heavy (non-hydrogen) atoms. The van der Waals surface area contributed by atoms with Crippen molar-refractivity contribution in [1.82, 2.24) is 4.90 Å². The minimum Gasteiger partial charge on any atom is -0.368 e. The van der Waals surface area contributed by atoms with Gasteiger partial charge in [0.05, 0.1) is 12.2 Å². The Bertz CT molecular complexity index is 325. The topological polar surface area (TPSA) is 12.5 Å². The van der Waals surface area contributed by atoms with Crippen LogP contribution in [0.2, 0.25) is 0 Å². The quantitative estimate of drug-likeness (QED) is 0.791. The summed E-state index contributed by atoms with van der Waals surface area (Å²) in [6.07, 6.45) is 3.14. The molecule has 0 spiro atoms. The molecule has 0 aliphatic carbocycles. The second-order valence-corrected chi connectivity index (χ2v) is 4.96. The first-order valence-corrected chi connectivity index (χ1v) is 6.72. The van der Waals surface area contributed by atoms with Crippen LogP contribution in [0.4, 0.5) is 0 Å². The van der Waals surface area contributed by atoms with Crippen LogP contribution in [-0.2, 0) is 4.74 Å². The van der Waals surface area contributed by atoms with Crippen molar-refractivity contribution in [2.24, 2.45) is 0 Å². The highest BCUT2D eigenvalue weighted by molar-refractivity contribution is 5.18. The zero-order chi connectivity index (χ0) is 12.1. The van der Waals surface area contributed by atoms with E-state index in [1.54, 1.807) is 0 Å². The van der Waals surface area contributed by atoms with Gasteiger partial charge in [-0.1, -0.05) is 43.7 Å². The van der Waals surface area contributed by atoms with Gasteiger partial charge in [0.1, 0.15) is 0 Å². The monoisotopic (exact) mass is 233 g/mol. The number of morpholine rings is 1. The van der Waals surface area contributed by atoms with Crippen molar-refractivity contribution in [1.29, 1.82) is 0 Å². The standard InChI is InChI=1S/C15H23NO/c1-3-4-10-16-11-13(2)17-15(12-16)14-8-6-5-7-9-14/h5-9,13,15H,3-4,10-12H2,1-2H3. The molecule has 1 aliphatic heterocycles. The van der Waals surface area contributed by atoms with E-state index in [1.165, 1.54) is 24.9 Å². The summed E-state index contributed by atoms with van der Waals surface area (Å²) in [6.45, 7) is 7.73. The molecule has 0 saturated carbocycles. The number of unbranched alkanes of at least 4 members (excludes halogenated alkanes) is 1. The number of hydrogen-bond donors (Lipinski definition) is 0. The fourth-order valence-corrected chi connectivity index (χ4v) is 2.46. The molecule has 0 radical (unpaired) electrons. The van der Waals surface area contributed by atoms with E-state index in [0.29, 0.717) is 6.10 Å². The van der Waals surface area contributed by atoms with Gasteiger partial charge in [-0.3, -0.25) is 4.90 Å². The van der Waals surface area contributed by atoms with Crippen molar-refractivity contribution >= 4 is 0 Å². The van der Waals surface area contributed by atoms with Gasteiger partial charge in [0.2, 0.25) is 0 Å². The molecule has 1 aromatic carbocycles. The molecule has 2 heteroatoms. The number of nitrogens with zero attached hydrogens (tertiary/aromatic N) is 1. The summed E-state index contributed by atoms with van der Waals surface area (Å²) in [5.74, 6) is 0. The minimum absolute atomic E-state index is 0.247. The molecule has 1 aromatic rings. The highest BCUT2D eigenvalue weighted by Gasteiger charge is 2.25. The summed E-state index contributed by atoms with van der Waals surface area (Å²) >= 11 is 0. The van der Waals surface area contributed by atoms with Gasteiger partial charge in [0.15, 0.2) is 0 Å². The smallest absolute Gasteiger partial charge is 0.0956 e.